The minimum absolute atomic E-state index is 0.00521. The van der Waals surface area contributed by atoms with Crippen molar-refractivity contribution in [1.82, 2.24) is 15.3 Å². The first-order chi connectivity index (χ1) is 15.5. The van der Waals surface area contributed by atoms with E-state index in [0.717, 1.165) is 42.8 Å². The van der Waals surface area contributed by atoms with Gasteiger partial charge in [0.1, 0.15) is 15.6 Å². The normalized spacial score (nSPS) is 18.9. The molecule has 2 N–H and O–H groups in total. The van der Waals surface area contributed by atoms with Crippen molar-refractivity contribution in [2.45, 2.75) is 66.0 Å². The summed E-state index contributed by atoms with van der Waals surface area (Å²) >= 11 is 8.86. The smallest absolute Gasteiger partial charge is 0.263 e. The summed E-state index contributed by atoms with van der Waals surface area (Å²) in [6.45, 7) is 3.23. The van der Waals surface area contributed by atoms with E-state index in [2.05, 4.69) is 20.6 Å². The number of carbonyl (C=O) groups excluding carboxylic acids is 1. The maximum atomic E-state index is 13.0. The number of thioether (sulfide) groups is 1. The van der Waals surface area contributed by atoms with Crippen LogP contribution in [0.5, 0.6) is 0 Å². The average Bonchev–Trinajstić information content (AvgIpc) is 3.12. The molecule has 1 fully saturated rings. The van der Waals surface area contributed by atoms with Gasteiger partial charge >= 0.3 is 0 Å². The fourth-order valence-electron chi connectivity index (χ4n) is 3.62. The third-order valence-corrected chi connectivity index (χ3v) is 11.0. The zero-order chi connectivity index (χ0) is 24.3. The number of anilines is 2. The second kappa shape index (κ2) is 10.8. The van der Waals surface area contributed by atoms with Gasteiger partial charge in [-0.1, -0.05) is 11.6 Å². The number of carbonyl (C=O) groups is 1. The zero-order valence-corrected chi connectivity index (χ0v) is 22.6. The number of rotatable bonds is 8. The number of hydrogen-bond acceptors (Lipinski definition) is 9. The number of amides is 1. The molecule has 0 aromatic carbocycles. The van der Waals surface area contributed by atoms with Crippen molar-refractivity contribution in [3.8, 4) is 0 Å². The van der Waals surface area contributed by atoms with Crippen molar-refractivity contribution >= 4 is 62.2 Å². The van der Waals surface area contributed by atoms with E-state index in [4.69, 9.17) is 11.6 Å². The van der Waals surface area contributed by atoms with Gasteiger partial charge in [0.15, 0.2) is 9.84 Å². The van der Waals surface area contributed by atoms with Crippen LogP contribution in [0.1, 0.15) is 49.2 Å². The molecular weight excluding hydrogens is 502 g/mol. The van der Waals surface area contributed by atoms with E-state index in [1.54, 1.807) is 26.3 Å². The number of sulfone groups is 1. The van der Waals surface area contributed by atoms with Crippen molar-refractivity contribution in [1.29, 1.82) is 0 Å². The van der Waals surface area contributed by atoms with Crippen LogP contribution in [0.15, 0.2) is 21.4 Å². The molecule has 0 unspecified atom stereocenters. The molecule has 3 rings (SSSR count). The summed E-state index contributed by atoms with van der Waals surface area (Å²) in [6.07, 6.45) is 6.84. The van der Waals surface area contributed by atoms with Crippen LogP contribution in [0.4, 0.5) is 11.8 Å². The third-order valence-electron chi connectivity index (χ3n) is 5.57. The van der Waals surface area contributed by atoms with Crippen molar-refractivity contribution in [3.63, 3.8) is 0 Å². The predicted molar refractivity (Wildman–Crippen MR) is 137 cm³/mol. The van der Waals surface area contributed by atoms with Crippen molar-refractivity contribution in [2.24, 2.45) is 0 Å². The Bertz CT molecular complexity index is 1100. The fourth-order valence-corrected chi connectivity index (χ4v) is 8.13. The SMILES string of the molecule is CSc1sc(C(=O)NC2CCC(Nc3nccc(N(C)C)n3)CC2)c(Cl)c1S(=O)(=O)C(C)C. The van der Waals surface area contributed by atoms with Gasteiger partial charge in [-0.15, -0.1) is 23.1 Å². The molecule has 8 nitrogen and oxygen atoms in total. The van der Waals surface area contributed by atoms with E-state index in [1.165, 1.54) is 11.8 Å². The van der Waals surface area contributed by atoms with Crippen molar-refractivity contribution < 1.29 is 13.2 Å². The Kier molecular flexibility index (Phi) is 8.52. The monoisotopic (exact) mass is 531 g/mol. The summed E-state index contributed by atoms with van der Waals surface area (Å²) in [7, 11) is 0.280. The third kappa shape index (κ3) is 5.93. The van der Waals surface area contributed by atoms with Gasteiger partial charge in [-0.3, -0.25) is 4.79 Å². The minimum atomic E-state index is -3.59. The molecular formula is C21H30ClN5O3S3. The molecule has 12 heteroatoms. The van der Waals surface area contributed by atoms with Gasteiger partial charge in [0.2, 0.25) is 5.95 Å². The van der Waals surface area contributed by atoms with E-state index < -0.39 is 15.1 Å². The molecule has 1 aliphatic carbocycles. The lowest BCUT2D eigenvalue weighted by Gasteiger charge is -2.29. The van der Waals surface area contributed by atoms with Crippen LogP contribution in [0.25, 0.3) is 0 Å². The summed E-state index contributed by atoms with van der Waals surface area (Å²) in [4.78, 5) is 24.0. The number of thiophene rings is 1. The molecule has 0 aliphatic heterocycles. The zero-order valence-electron chi connectivity index (χ0n) is 19.4. The number of hydrogen-bond donors (Lipinski definition) is 2. The lowest BCUT2D eigenvalue weighted by atomic mass is 9.91. The van der Waals surface area contributed by atoms with Crippen LogP contribution in [0.2, 0.25) is 5.02 Å². The van der Waals surface area contributed by atoms with E-state index in [9.17, 15) is 13.2 Å². The lowest BCUT2D eigenvalue weighted by molar-refractivity contribution is 0.0930. The van der Waals surface area contributed by atoms with Gasteiger partial charge in [-0.05, 0) is 51.9 Å². The molecule has 33 heavy (non-hydrogen) atoms. The Balaban J connectivity index is 1.63. The van der Waals surface area contributed by atoms with Gasteiger partial charge in [0.05, 0.1) is 14.5 Å². The molecule has 2 aromatic rings. The Morgan fingerprint density at radius 3 is 2.45 bits per heavy atom. The second-order valence-corrected chi connectivity index (χ2v) is 13.4. The molecule has 1 amide bonds. The van der Waals surface area contributed by atoms with Gasteiger partial charge in [-0.25, -0.2) is 13.4 Å². The summed E-state index contributed by atoms with van der Waals surface area (Å²) in [5.41, 5.74) is 0. The fraction of sp³-hybridized carbons (Fsp3) is 0.571. The van der Waals surface area contributed by atoms with Crippen LogP contribution in [0, 0.1) is 0 Å². The Morgan fingerprint density at radius 2 is 1.88 bits per heavy atom. The van der Waals surface area contributed by atoms with Crippen LogP contribution < -0.4 is 15.5 Å². The molecule has 0 bridgehead atoms. The van der Waals surface area contributed by atoms with E-state index in [1.807, 2.05) is 25.1 Å². The van der Waals surface area contributed by atoms with E-state index in [0.29, 0.717) is 10.2 Å². The largest absolute Gasteiger partial charge is 0.363 e. The van der Waals surface area contributed by atoms with Crippen LogP contribution >= 0.6 is 34.7 Å². The Morgan fingerprint density at radius 1 is 1.24 bits per heavy atom. The van der Waals surface area contributed by atoms with Crippen molar-refractivity contribution in [3.05, 3.63) is 22.2 Å². The highest BCUT2D eigenvalue weighted by Crippen LogP contribution is 2.43. The van der Waals surface area contributed by atoms with Crippen LogP contribution in [-0.2, 0) is 9.84 Å². The highest BCUT2D eigenvalue weighted by Gasteiger charge is 2.33. The number of nitrogens with one attached hydrogen (secondary N) is 2. The molecule has 1 saturated carbocycles. The lowest BCUT2D eigenvalue weighted by Crippen LogP contribution is -2.40. The van der Waals surface area contributed by atoms with Gasteiger partial charge in [0, 0.05) is 32.4 Å². The molecule has 0 saturated heterocycles. The maximum absolute atomic E-state index is 13.0. The first-order valence-electron chi connectivity index (χ1n) is 10.7. The highest BCUT2D eigenvalue weighted by molar-refractivity contribution is 8.01. The maximum Gasteiger partial charge on any atom is 0.263 e. The molecule has 182 valence electrons. The van der Waals surface area contributed by atoms with Crippen LogP contribution in [-0.4, -0.2) is 62.0 Å². The summed E-state index contributed by atoms with van der Waals surface area (Å²) in [5, 5.41) is 5.85. The predicted octanol–water partition coefficient (Wildman–Crippen LogP) is 4.31. The first-order valence-corrected chi connectivity index (χ1v) is 14.7. The molecule has 2 heterocycles. The Labute approximate surface area is 208 Å². The van der Waals surface area contributed by atoms with Gasteiger partial charge in [-0.2, -0.15) is 4.98 Å². The summed E-state index contributed by atoms with van der Waals surface area (Å²) in [5.74, 6) is 1.12. The summed E-state index contributed by atoms with van der Waals surface area (Å²) in [6, 6.07) is 2.09. The second-order valence-electron chi connectivity index (χ2n) is 8.46. The molecule has 0 radical (unpaired) electrons. The average molecular weight is 532 g/mol. The number of aromatic nitrogens is 2. The quantitative estimate of drug-likeness (QED) is 0.485. The molecule has 0 spiro atoms. The Hall–Kier alpha value is -1.56. The van der Waals surface area contributed by atoms with Gasteiger partial charge in [0.25, 0.3) is 5.91 Å². The van der Waals surface area contributed by atoms with Crippen molar-refractivity contribution in [2.75, 3.05) is 30.6 Å². The number of nitrogens with zero attached hydrogens (tertiary/aromatic N) is 3. The van der Waals surface area contributed by atoms with E-state index in [-0.39, 0.29) is 32.8 Å². The molecule has 0 atom stereocenters. The van der Waals surface area contributed by atoms with Gasteiger partial charge < -0.3 is 15.5 Å². The highest BCUT2D eigenvalue weighted by atomic mass is 35.5. The molecule has 1 aliphatic rings. The standard InChI is InChI=1S/C21H30ClN5O3S3/c1-12(2)33(29,30)18-16(22)17(32-20(18)31-5)19(28)24-13-6-8-14(9-7-13)25-21-23-11-10-15(26-21)27(3)4/h10-14H,6-9H2,1-5H3,(H,24,28)(H,23,25,26). The van der Waals surface area contributed by atoms with Crippen LogP contribution in [0.3, 0.4) is 0 Å². The minimum Gasteiger partial charge on any atom is -0.363 e. The first kappa shape index (κ1) is 26.1. The topological polar surface area (TPSA) is 104 Å². The molecule has 2 aromatic heterocycles. The summed E-state index contributed by atoms with van der Waals surface area (Å²) < 4.78 is 26.1. The van der Waals surface area contributed by atoms with E-state index >= 15 is 0 Å². The number of halogens is 1.